The van der Waals surface area contributed by atoms with Crippen molar-refractivity contribution in [1.82, 2.24) is 0 Å². The van der Waals surface area contributed by atoms with Crippen LogP contribution in [0.25, 0.3) is 0 Å². The molecule has 0 amide bonds. The molecule has 0 heterocycles. The van der Waals surface area contributed by atoms with Crippen LogP contribution in [0.15, 0.2) is 29.2 Å². The van der Waals surface area contributed by atoms with Crippen LogP contribution in [0.3, 0.4) is 0 Å². The molecule has 1 aromatic carbocycles. The quantitative estimate of drug-likeness (QED) is 0.773. The fourth-order valence-corrected chi connectivity index (χ4v) is 2.63. The first-order chi connectivity index (χ1) is 8.25. The van der Waals surface area contributed by atoms with Crippen molar-refractivity contribution in [1.29, 1.82) is 0 Å². The second-order valence-corrected chi connectivity index (χ2v) is 7.44. The van der Waals surface area contributed by atoms with Gasteiger partial charge in [-0.2, -0.15) is 8.78 Å². The summed E-state index contributed by atoms with van der Waals surface area (Å²) in [6.45, 7) is 2.70. The molecular formula is C11H14BrF2NO2S. The lowest BCUT2D eigenvalue weighted by molar-refractivity contribution is 0.234. The largest absolute Gasteiger partial charge is 0.373 e. The average molecular weight is 342 g/mol. The highest BCUT2D eigenvalue weighted by Gasteiger charge is 2.26. The second kappa shape index (κ2) is 5.97. The molecule has 0 N–H and O–H groups in total. The Hall–Kier alpha value is -0.690. The van der Waals surface area contributed by atoms with Crippen molar-refractivity contribution >= 4 is 31.5 Å². The Balaban J connectivity index is 2.94. The minimum absolute atomic E-state index is 0.270. The van der Waals surface area contributed by atoms with Crippen LogP contribution in [-0.2, 0) is 9.84 Å². The maximum absolute atomic E-state index is 12.3. The van der Waals surface area contributed by atoms with Crippen LogP contribution in [0.5, 0.6) is 0 Å². The van der Waals surface area contributed by atoms with E-state index in [0.29, 0.717) is 0 Å². The van der Waals surface area contributed by atoms with Crippen LogP contribution >= 0.6 is 15.9 Å². The zero-order valence-corrected chi connectivity index (χ0v) is 12.4. The Bertz CT molecular complexity index is 488. The first-order valence-electron chi connectivity index (χ1n) is 5.22. The van der Waals surface area contributed by atoms with Gasteiger partial charge in [-0.3, -0.25) is 0 Å². The lowest BCUT2D eigenvalue weighted by Crippen LogP contribution is -2.23. The van der Waals surface area contributed by atoms with Gasteiger partial charge < -0.3 is 4.90 Å². The van der Waals surface area contributed by atoms with Crippen molar-refractivity contribution in [3.05, 3.63) is 24.3 Å². The SMILES string of the molecule is CC(Br)CN(C)c1ccc(S(=O)(=O)C(F)F)cc1. The number of nitrogens with zero attached hydrogens (tertiary/aromatic N) is 1. The van der Waals surface area contributed by atoms with Gasteiger partial charge in [0.1, 0.15) is 0 Å². The molecular weight excluding hydrogens is 328 g/mol. The van der Waals surface area contributed by atoms with Gasteiger partial charge in [0, 0.05) is 24.1 Å². The lowest BCUT2D eigenvalue weighted by Gasteiger charge is -2.20. The van der Waals surface area contributed by atoms with E-state index in [1.54, 1.807) is 0 Å². The summed E-state index contributed by atoms with van der Waals surface area (Å²) in [4.78, 5) is 1.81. The molecule has 0 spiro atoms. The van der Waals surface area contributed by atoms with Gasteiger partial charge in [0.05, 0.1) is 4.90 Å². The van der Waals surface area contributed by atoms with Crippen LogP contribution < -0.4 is 4.90 Å². The zero-order chi connectivity index (χ0) is 13.9. The highest BCUT2D eigenvalue weighted by molar-refractivity contribution is 9.09. The van der Waals surface area contributed by atoms with E-state index in [4.69, 9.17) is 0 Å². The summed E-state index contributed by atoms with van der Waals surface area (Å²) in [5.74, 6) is -3.39. The Kier molecular flexibility index (Phi) is 5.10. The lowest BCUT2D eigenvalue weighted by atomic mass is 10.3. The van der Waals surface area contributed by atoms with Gasteiger partial charge in [-0.1, -0.05) is 22.9 Å². The van der Waals surface area contributed by atoms with Gasteiger partial charge in [0.25, 0.3) is 0 Å². The molecule has 1 rings (SSSR count). The van der Waals surface area contributed by atoms with E-state index in [1.807, 2.05) is 18.9 Å². The summed E-state index contributed by atoms with van der Waals surface area (Å²) in [6.07, 6.45) is 0. The predicted octanol–water partition coefficient (Wildman–Crippen LogP) is 2.90. The summed E-state index contributed by atoms with van der Waals surface area (Å²) >= 11 is 3.40. The van der Waals surface area contributed by atoms with Crippen molar-refractivity contribution in [3.8, 4) is 0 Å². The normalized spacial score (nSPS) is 13.7. The van der Waals surface area contributed by atoms with Gasteiger partial charge >= 0.3 is 5.76 Å². The zero-order valence-electron chi connectivity index (χ0n) is 9.98. The maximum atomic E-state index is 12.3. The van der Waals surface area contributed by atoms with Crippen LogP contribution in [0.4, 0.5) is 14.5 Å². The van der Waals surface area contributed by atoms with E-state index < -0.39 is 15.6 Å². The second-order valence-electron chi connectivity index (χ2n) is 3.96. The summed E-state index contributed by atoms with van der Waals surface area (Å²) in [5.41, 5.74) is 0.773. The highest BCUT2D eigenvalue weighted by atomic mass is 79.9. The van der Waals surface area contributed by atoms with Crippen molar-refractivity contribution in [2.75, 3.05) is 18.5 Å². The third-order valence-corrected chi connectivity index (χ3v) is 4.05. The number of hydrogen-bond acceptors (Lipinski definition) is 3. The summed E-state index contributed by atoms with van der Waals surface area (Å²) < 4.78 is 47.1. The first kappa shape index (κ1) is 15.4. The molecule has 3 nitrogen and oxygen atoms in total. The molecule has 1 unspecified atom stereocenters. The van der Waals surface area contributed by atoms with Gasteiger partial charge in [0.2, 0.25) is 9.84 Å². The topological polar surface area (TPSA) is 37.4 Å². The molecule has 0 saturated carbocycles. The maximum Gasteiger partial charge on any atom is 0.341 e. The summed E-state index contributed by atoms with van der Waals surface area (Å²) in [6, 6.07) is 5.44. The highest BCUT2D eigenvalue weighted by Crippen LogP contribution is 2.22. The smallest absolute Gasteiger partial charge is 0.341 e. The molecule has 0 aliphatic carbocycles. The van der Waals surface area contributed by atoms with E-state index in [2.05, 4.69) is 15.9 Å². The number of anilines is 1. The van der Waals surface area contributed by atoms with E-state index in [0.717, 1.165) is 12.2 Å². The molecule has 0 fully saturated rings. The fourth-order valence-electron chi connectivity index (χ4n) is 1.48. The fraction of sp³-hybridized carbons (Fsp3) is 0.455. The molecule has 0 saturated heterocycles. The first-order valence-corrected chi connectivity index (χ1v) is 7.68. The van der Waals surface area contributed by atoms with Crippen molar-refractivity contribution in [3.63, 3.8) is 0 Å². The number of halogens is 3. The van der Waals surface area contributed by atoms with Crippen LogP contribution in [0.2, 0.25) is 0 Å². The van der Waals surface area contributed by atoms with Gasteiger partial charge in [0.15, 0.2) is 0 Å². The van der Waals surface area contributed by atoms with Crippen molar-refractivity contribution in [2.24, 2.45) is 0 Å². The Morgan fingerprint density at radius 1 is 1.28 bits per heavy atom. The van der Waals surface area contributed by atoms with E-state index in [-0.39, 0.29) is 9.72 Å². The summed E-state index contributed by atoms with van der Waals surface area (Å²) in [5, 5.41) is 0. The van der Waals surface area contributed by atoms with Crippen molar-refractivity contribution < 1.29 is 17.2 Å². The van der Waals surface area contributed by atoms with Crippen LogP contribution in [0.1, 0.15) is 6.92 Å². The Morgan fingerprint density at radius 3 is 2.17 bits per heavy atom. The Morgan fingerprint density at radius 2 is 1.78 bits per heavy atom. The van der Waals surface area contributed by atoms with Crippen LogP contribution in [0, 0.1) is 0 Å². The number of benzene rings is 1. The molecule has 0 aliphatic heterocycles. The molecule has 0 radical (unpaired) electrons. The van der Waals surface area contributed by atoms with Gasteiger partial charge in [-0.25, -0.2) is 8.42 Å². The molecule has 0 aromatic heterocycles. The van der Waals surface area contributed by atoms with Gasteiger partial charge in [-0.05, 0) is 24.3 Å². The van der Waals surface area contributed by atoms with Gasteiger partial charge in [-0.15, -0.1) is 0 Å². The van der Waals surface area contributed by atoms with Crippen LogP contribution in [-0.4, -0.2) is 32.6 Å². The predicted molar refractivity (Wildman–Crippen MR) is 71.3 cm³/mol. The van der Waals surface area contributed by atoms with E-state index in [9.17, 15) is 17.2 Å². The molecule has 102 valence electrons. The standard InChI is InChI=1S/C11H14BrF2NO2S/c1-8(12)7-15(2)9-3-5-10(6-4-9)18(16,17)11(13)14/h3-6,8,11H,7H2,1-2H3. The molecule has 0 bridgehead atoms. The van der Waals surface area contributed by atoms with Crippen molar-refractivity contribution in [2.45, 2.75) is 22.4 Å². The minimum Gasteiger partial charge on any atom is -0.373 e. The van der Waals surface area contributed by atoms with E-state index in [1.165, 1.54) is 24.3 Å². The average Bonchev–Trinajstić information content (AvgIpc) is 2.28. The summed E-state index contributed by atoms with van der Waals surface area (Å²) in [7, 11) is -2.66. The van der Waals surface area contributed by atoms with E-state index >= 15 is 0 Å². The Labute approximate surface area is 114 Å². The third kappa shape index (κ3) is 3.65. The molecule has 0 aliphatic rings. The minimum atomic E-state index is -4.50. The number of hydrogen-bond donors (Lipinski definition) is 0. The number of rotatable bonds is 5. The monoisotopic (exact) mass is 341 g/mol. The number of alkyl halides is 3. The third-order valence-electron chi connectivity index (χ3n) is 2.37. The molecule has 1 atom stereocenters. The molecule has 7 heteroatoms. The molecule has 1 aromatic rings. The number of sulfone groups is 1. The molecule has 18 heavy (non-hydrogen) atoms.